The summed E-state index contributed by atoms with van der Waals surface area (Å²) in [5, 5.41) is 3.00. The van der Waals surface area contributed by atoms with Crippen LogP contribution in [0.3, 0.4) is 0 Å². The molecule has 2 aromatic carbocycles. The van der Waals surface area contributed by atoms with Gasteiger partial charge in [0.15, 0.2) is 0 Å². The average Bonchev–Trinajstić information content (AvgIpc) is 3.28. The summed E-state index contributed by atoms with van der Waals surface area (Å²) in [5.41, 5.74) is 3.25. The Hall–Kier alpha value is -3.16. The standard InChI is InChI=1S/C40H53ClN4O7S/c1-2-32-7-3-4-8-36(51-25-38(46)42-16-17-44-18-20-50-21-19-44)33-12-9-30(33)24-45-26-40(15-5-6-28-22-31(41)11-13-34(28)40)27-52-37-14-10-29(23-35(37)45)39(47)43-53(32,48)49/h4,8,10-11,13-14,22-23,30,32-33,36H,2-3,5-7,9,12,15-21,24-27H2,1H3,(H,42,46)(H,43,47)/b8-4+/t30-,32+,33+,36-,40-/m0/s1. The number of aryl methyl sites for hydroxylation is 1. The molecule has 2 aliphatic carbocycles. The Labute approximate surface area is 318 Å². The molecule has 2 aromatic rings. The van der Waals surface area contributed by atoms with Gasteiger partial charge in [-0.1, -0.05) is 36.7 Å². The number of hydrogen-bond donors (Lipinski definition) is 2. The zero-order valence-electron chi connectivity index (χ0n) is 30.7. The van der Waals surface area contributed by atoms with Crippen LogP contribution < -0.4 is 19.7 Å². The molecular formula is C40H53ClN4O7S. The van der Waals surface area contributed by atoms with Crippen molar-refractivity contribution in [1.29, 1.82) is 0 Å². The molecule has 0 aromatic heterocycles. The fourth-order valence-corrected chi connectivity index (χ4v) is 10.5. The predicted octanol–water partition coefficient (Wildman–Crippen LogP) is 4.86. The normalized spacial score (nSPS) is 29.4. The highest BCUT2D eigenvalue weighted by Crippen LogP contribution is 2.47. The second-order valence-corrected chi connectivity index (χ2v) is 17.8. The van der Waals surface area contributed by atoms with E-state index in [0.29, 0.717) is 64.5 Å². The summed E-state index contributed by atoms with van der Waals surface area (Å²) in [6.07, 6.45) is 9.82. The van der Waals surface area contributed by atoms with Crippen LogP contribution in [-0.4, -0.2) is 102 Å². The van der Waals surface area contributed by atoms with Crippen LogP contribution in [0.1, 0.15) is 73.4 Å². The van der Waals surface area contributed by atoms with Crippen molar-refractivity contribution >= 4 is 39.1 Å². The van der Waals surface area contributed by atoms with Gasteiger partial charge in [0, 0.05) is 55.3 Å². The number of sulfonamides is 1. The quantitative estimate of drug-likeness (QED) is 0.380. The largest absolute Gasteiger partial charge is 0.490 e. The molecule has 2 fully saturated rings. The van der Waals surface area contributed by atoms with Gasteiger partial charge < -0.3 is 24.4 Å². The van der Waals surface area contributed by atoms with E-state index in [9.17, 15) is 18.0 Å². The number of rotatable bonds is 7. The molecule has 1 saturated carbocycles. The van der Waals surface area contributed by atoms with Crippen LogP contribution in [-0.2, 0) is 36.1 Å². The average molecular weight is 769 g/mol. The van der Waals surface area contributed by atoms with Crippen LogP contribution in [0, 0.1) is 11.8 Å². The van der Waals surface area contributed by atoms with Crippen LogP contribution in [0.25, 0.3) is 0 Å². The molecule has 0 radical (unpaired) electrons. The maximum atomic E-state index is 13.6. The number of carbonyl (C=O) groups excluding carboxylic acids is 2. The fraction of sp³-hybridized carbons (Fsp3) is 0.600. The van der Waals surface area contributed by atoms with Gasteiger partial charge in [-0.05, 0) is 105 Å². The summed E-state index contributed by atoms with van der Waals surface area (Å²) in [6, 6.07) is 11.4. The second-order valence-electron chi connectivity index (χ2n) is 15.4. The van der Waals surface area contributed by atoms with E-state index >= 15 is 0 Å². The first kappa shape index (κ1) is 38.1. The molecular weight excluding hydrogens is 716 g/mol. The molecule has 2 bridgehead atoms. The predicted molar refractivity (Wildman–Crippen MR) is 205 cm³/mol. The molecule has 2 amide bonds. The van der Waals surface area contributed by atoms with Gasteiger partial charge in [-0.2, -0.15) is 0 Å². The van der Waals surface area contributed by atoms with E-state index in [0.717, 1.165) is 62.4 Å². The van der Waals surface area contributed by atoms with E-state index in [1.165, 1.54) is 11.1 Å². The third-order valence-electron chi connectivity index (χ3n) is 12.0. The lowest BCUT2D eigenvalue weighted by Gasteiger charge is -2.46. The molecule has 5 aliphatic rings. The van der Waals surface area contributed by atoms with Gasteiger partial charge in [-0.3, -0.25) is 14.5 Å². The minimum atomic E-state index is -3.94. The Morgan fingerprint density at radius 2 is 1.98 bits per heavy atom. The number of halogens is 1. The number of nitrogens with zero attached hydrogens (tertiary/aromatic N) is 2. The topological polar surface area (TPSA) is 127 Å². The number of fused-ring (bicyclic) bond motifs is 4. The van der Waals surface area contributed by atoms with Crippen molar-refractivity contribution in [1.82, 2.24) is 14.9 Å². The van der Waals surface area contributed by atoms with E-state index in [1.54, 1.807) is 18.2 Å². The number of nitrogens with one attached hydrogen (secondary N) is 2. The fourth-order valence-electron chi connectivity index (χ4n) is 8.88. The van der Waals surface area contributed by atoms with Crippen LogP contribution >= 0.6 is 11.6 Å². The Morgan fingerprint density at radius 3 is 2.77 bits per heavy atom. The van der Waals surface area contributed by atoms with Crippen LogP contribution in [0.2, 0.25) is 5.02 Å². The van der Waals surface area contributed by atoms with Crippen LogP contribution in [0.4, 0.5) is 5.69 Å². The van der Waals surface area contributed by atoms with Gasteiger partial charge in [0.2, 0.25) is 15.9 Å². The highest BCUT2D eigenvalue weighted by molar-refractivity contribution is 7.90. The number of carbonyl (C=O) groups is 2. The van der Waals surface area contributed by atoms with Crippen molar-refractivity contribution in [3.8, 4) is 5.75 Å². The van der Waals surface area contributed by atoms with Crippen molar-refractivity contribution in [2.45, 2.75) is 75.1 Å². The Bertz CT molecular complexity index is 1780. The number of morpholine rings is 1. The van der Waals surface area contributed by atoms with E-state index < -0.39 is 21.2 Å². The second kappa shape index (κ2) is 16.7. The summed E-state index contributed by atoms with van der Waals surface area (Å²) in [5.74, 6) is 0.320. The highest BCUT2D eigenvalue weighted by Gasteiger charge is 2.44. The Balaban J connectivity index is 1.17. The lowest BCUT2D eigenvalue weighted by Crippen LogP contribution is -2.50. The molecule has 53 heavy (non-hydrogen) atoms. The number of benzene rings is 2. The van der Waals surface area contributed by atoms with E-state index in [1.807, 2.05) is 25.1 Å². The van der Waals surface area contributed by atoms with E-state index in [4.69, 9.17) is 25.8 Å². The first-order chi connectivity index (χ1) is 25.6. The molecule has 13 heteroatoms. The monoisotopic (exact) mass is 768 g/mol. The van der Waals surface area contributed by atoms with E-state index in [-0.39, 0.29) is 41.4 Å². The van der Waals surface area contributed by atoms with Crippen LogP contribution in [0.5, 0.6) is 5.75 Å². The van der Waals surface area contributed by atoms with Crippen LogP contribution in [0.15, 0.2) is 48.6 Å². The first-order valence-electron chi connectivity index (χ1n) is 19.4. The number of hydrogen-bond acceptors (Lipinski definition) is 9. The summed E-state index contributed by atoms with van der Waals surface area (Å²) in [4.78, 5) is 31.2. The van der Waals surface area contributed by atoms with Gasteiger partial charge in [-0.15, -0.1) is 0 Å². The summed E-state index contributed by atoms with van der Waals surface area (Å²) >= 11 is 6.46. The smallest absolute Gasteiger partial charge is 0.264 e. The number of allylic oxidation sites excluding steroid dienone is 1. The zero-order chi connectivity index (χ0) is 37.0. The van der Waals surface area contributed by atoms with Crippen molar-refractivity contribution in [3.05, 3.63) is 70.3 Å². The third-order valence-corrected chi connectivity index (χ3v) is 14.2. The number of ether oxygens (including phenoxy) is 3. The molecule has 11 nitrogen and oxygen atoms in total. The number of amides is 2. The molecule has 0 unspecified atom stereocenters. The highest BCUT2D eigenvalue weighted by atomic mass is 35.5. The molecule has 2 N–H and O–H groups in total. The molecule has 3 aliphatic heterocycles. The SMILES string of the molecule is CC[C@@H]1CC/C=C/[C@H](OCC(=O)NCCN2CCOCC2)[C@@H]2CC[C@H]2CN2C[C@@]3(CCCc4cc(Cl)ccc43)COc3ccc(cc32)C(=O)NS1(=O)=O. The molecule has 5 atom stereocenters. The van der Waals surface area contributed by atoms with Gasteiger partial charge in [-0.25, -0.2) is 13.1 Å². The minimum Gasteiger partial charge on any atom is -0.490 e. The molecule has 3 heterocycles. The third kappa shape index (κ3) is 8.72. The minimum absolute atomic E-state index is 0.0501. The van der Waals surface area contributed by atoms with Crippen molar-refractivity contribution in [3.63, 3.8) is 0 Å². The summed E-state index contributed by atoms with van der Waals surface area (Å²) in [7, 11) is -3.94. The number of anilines is 1. The Morgan fingerprint density at radius 1 is 1.13 bits per heavy atom. The molecule has 1 saturated heterocycles. The maximum absolute atomic E-state index is 13.6. The van der Waals surface area contributed by atoms with Crippen molar-refractivity contribution in [2.24, 2.45) is 11.8 Å². The van der Waals surface area contributed by atoms with Crippen molar-refractivity contribution < 1.29 is 32.2 Å². The van der Waals surface area contributed by atoms with Gasteiger partial charge in [0.25, 0.3) is 5.91 Å². The van der Waals surface area contributed by atoms with Gasteiger partial charge >= 0.3 is 0 Å². The summed E-state index contributed by atoms with van der Waals surface area (Å²) < 4.78 is 47.8. The van der Waals surface area contributed by atoms with Gasteiger partial charge in [0.1, 0.15) is 12.4 Å². The Kier molecular flexibility index (Phi) is 12.0. The molecule has 7 rings (SSSR count). The first-order valence-corrected chi connectivity index (χ1v) is 21.3. The lowest BCUT2D eigenvalue weighted by molar-refractivity contribution is -0.129. The molecule has 288 valence electrons. The zero-order valence-corrected chi connectivity index (χ0v) is 32.3. The molecule has 1 spiro atoms. The maximum Gasteiger partial charge on any atom is 0.264 e. The van der Waals surface area contributed by atoms with Crippen molar-refractivity contribution in [2.75, 3.05) is 70.6 Å². The lowest BCUT2D eigenvalue weighted by atomic mass is 9.68. The van der Waals surface area contributed by atoms with E-state index in [2.05, 4.69) is 32.0 Å². The van der Waals surface area contributed by atoms with Gasteiger partial charge in [0.05, 0.1) is 36.9 Å². The summed E-state index contributed by atoms with van der Waals surface area (Å²) in [6.45, 7) is 8.11.